The van der Waals surface area contributed by atoms with Crippen LogP contribution in [0.1, 0.15) is 49.5 Å². The normalized spacial score (nSPS) is 13.5. The first-order chi connectivity index (χ1) is 17.8. The molecule has 1 aliphatic rings. The smallest absolute Gasteiger partial charge is 0.321 e. The zero-order valence-corrected chi connectivity index (χ0v) is 21.3. The number of nitrogens with one attached hydrogen (secondary N) is 4. The van der Waals surface area contributed by atoms with Gasteiger partial charge in [-0.05, 0) is 66.3 Å². The summed E-state index contributed by atoms with van der Waals surface area (Å²) in [6.07, 6.45) is 5.43. The summed E-state index contributed by atoms with van der Waals surface area (Å²) in [6.45, 7) is 7.81. The molecule has 0 saturated carbocycles. The van der Waals surface area contributed by atoms with Gasteiger partial charge >= 0.3 is 6.03 Å². The number of urea groups is 1. The average Bonchev–Trinajstić information content (AvgIpc) is 3.56. The fraction of sp³-hybridized carbons (Fsp3) is 0.286. The molecule has 37 heavy (non-hydrogen) atoms. The summed E-state index contributed by atoms with van der Waals surface area (Å²) >= 11 is 0. The minimum absolute atomic E-state index is 0.112. The molecule has 0 unspecified atom stereocenters. The summed E-state index contributed by atoms with van der Waals surface area (Å²) in [4.78, 5) is 32.4. The molecular weight excluding hydrogens is 466 g/mol. The minimum Gasteiger partial charge on any atom is -0.340 e. The third kappa shape index (κ3) is 5.40. The number of H-pyrrole nitrogens is 1. The Bertz CT molecular complexity index is 1450. The third-order valence-electron chi connectivity index (χ3n) is 6.48. The molecule has 1 fully saturated rings. The van der Waals surface area contributed by atoms with E-state index in [0.717, 1.165) is 48.1 Å². The van der Waals surface area contributed by atoms with Gasteiger partial charge < -0.3 is 20.9 Å². The highest BCUT2D eigenvalue weighted by Crippen LogP contribution is 2.33. The van der Waals surface area contributed by atoms with Crippen LogP contribution in [0.4, 0.5) is 27.7 Å². The number of aromatic nitrogens is 3. The van der Waals surface area contributed by atoms with Crippen LogP contribution in [-0.4, -0.2) is 45.1 Å². The molecule has 0 aliphatic carbocycles. The van der Waals surface area contributed by atoms with E-state index >= 15 is 0 Å². The second-order valence-corrected chi connectivity index (χ2v) is 10.3. The van der Waals surface area contributed by atoms with Crippen LogP contribution in [0.5, 0.6) is 0 Å². The van der Waals surface area contributed by atoms with Crippen molar-refractivity contribution in [3.05, 3.63) is 72.1 Å². The lowest BCUT2D eigenvalue weighted by Crippen LogP contribution is -2.33. The zero-order chi connectivity index (χ0) is 26.0. The number of rotatable bonds is 5. The Hall–Kier alpha value is -4.40. The van der Waals surface area contributed by atoms with E-state index < -0.39 is 0 Å². The summed E-state index contributed by atoms with van der Waals surface area (Å²) in [5.74, 6) is 0.131. The standard InChI is InChI=1S/C28H31N7O2/c1-28(2,3)22-11-10-20(16-24(22)33-27(37)35-13-4-5-14-35)32-26(36)21-7-6-12-29-25(21)31-19-9-8-18-17-30-34-23(18)15-19/h6-12,15-17H,4-5,13-14H2,1-3H3,(H,29,31)(H,30,34)(H,32,36)(H,33,37). The van der Waals surface area contributed by atoms with Crippen LogP contribution in [0, 0.1) is 0 Å². The van der Waals surface area contributed by atoms with Gasteiger partial charge in [0.2, 0.25) is 0 Å². The summed E-state index contributed by atoms with van der Waals surface area (Å²) in [5.41, 5.74) is 4.15. The molecular formula is C28H31N7O2. The second-order valence-electron chi connectivity index (χ2n) is 10.3. The molecule has 1 aliphatic heterocycles. The molecule has 4 N–H and O–H groups in total. The number of pyridine rings is 1. The fourth-order valence-electron chi connectivity index (χ4n) is 4.53. The van der Waals surface area contributed by atoms with Crippen LogP contribution in [0.15, 0.2) is 60.9 Å². The van der Waals surface area contributed by atoms with Crippen molar-refractivity contribution in [2.75, 3.05) is 29.0 Å². The Morgan fingerprint density at radius 2 is 1.76 bits per heavy atom. The minimum atomic E-state index is -0.307. The number of amides is 3. The number of hydrogen-bond donors (Lipinski definition) is 4. The SMILES string of the molecule is CC(C)(C)c1ccc(NC(=O)c2cccnc2Nc2ccc3cn[nH]c3c2)cc1NC(=O)N1CCCC1. The number of aromatic amines is 1. The van der Waals surface area contributed by atoms with Gasteiger partial charge in [0.05, 0.1) is 17.3 Å². The van der Waals surface area contributed by atoms with E-state index in [1.54, 1.807) is 24.5 Å². The van der Waals surface area contributed by atoms with Crippen molar-refractivity contribution in [1.29, 1.82) is 0 Å². The van der Waals surface area contributed by atoms with Crippen molar-refractivity contribution in [3.63, 3.8) is 0 Å². The van der Waals surface area contributed by atoms with Crippen LogP contribution in [0.25, 0.3) is 10.9 Å². The van der Waals surface area contributed by atoms with Crippen LogP contribution in [0.3, 0.4) is 0 Å². The van der Waals surface area contributed by atoms with E-state index in [2.05, 4.69) is 51.9 Å². The average molecular weight is 498 g/mol. The van der Waals surface area contributed by atoms with Crippen molar-refractivity contribution >= 4 is 45.7 Å². The van der Waals surface area contributed by atoms with E-state index in [4.69, 9.17) is 0 Å². The number of hydrogen-bond acceptors (Lipinski definition) is 5. The first-order valence-electron chi connectivity index (χ1n) is 12.4. The Balaban J connectivity index is 1.38. The quantitative estimate of drug-likeness (QED) is 0.275. The van der Waals surface area contributed by atoms with E-state index in [1.807, 2.05) is 41.3 Å². The highest BCUT2D eigenvalue weighted by atomic mass is 16.2. The van der Waals surface area contributed by atoms with Gasteiger partial charge in [0.15, 0.2) is 0 Å². The first kappa shape index (κ1) is 24.3. The summed E-state index contributed by atoms with van der Waals surface area (Å²) < 4.78 is 0. The molecule has 0 spiro atoms. The summed E-state index contributed by atoms with van der Waals surface area (Å²) in [6, 6.07) is 14.7. The maximum atomic E-state index is 13.3. The lowest BCUT2D eigenvalue weighted by molar-refractivity contribution is 0.102. The van der Waals surface area contributed by atoms with Gasteiger partial charge in [0.25, 0.3) is 5.91 Å². The van der Waals surface area contributed by atoms with Crippen LogP contribution < -0.4 is 16.0 Å². The number of benzene rings is 2. The monoisotopic (exact) mass is 497 g/mol. The van der Waals surface area contributed by atoms with Crippen molar-refractivity contribution in [1.82, 2.24) is 20.1 Å². The molecule has 0 bridgehead atoms. The Morgan fingerprint density at radius 3 is 2.54 bits per heavy atom. The molecule has 9 heteroatoms. The van der Waals surface area contributed by atoms with E-state index in [0.29, 0.717) is 22.8 Å². The van der Waals surface area contributed by atoms with Crippen LogP contribution in [-0.2, 0) is 5.41 Å². The van der Waals surface area contributed by atoms with Gasteiger partial charge in [-0.15, -0.1) is 0 Å². The predicted octanol–water partition coefficient (Wildman–Crippen LogP) is 5.88. The molecule has 2 aromatic heterocycles. The Kier molecular flexibility index (Phi) is 6.52. The van der Waals surface area contributed by atoms with Crippen molar-refractivity contribution in [2.24, 2.45) is 0 Å². The number of carbonyl (C=O) groups is 2. The number of carbonyl (C=O) groups excluding carboxylic acids is 2. The van der Waals surface area contributed by atoms with Crippen LogP contribution in [0.2, 0.25) is 0 Å². The number of fused-ring (bicyclic) bond motifs is 1. The lowest BCUT2D eigenvalue weighted by atomic mass is 9.85. The largest absolute Gasteiger partial charge is 0.340 e. The highest BCUT2D eigenvalue weighted by molar-refractivity contribution is 6.08. The fourth-order valence-corrected chi connectivity index (χ4v) is 4.53. The Morgan fingerprint density at radius 1 is 0.973 bits per heavy atom. The molecule has 5 rings (SSSR count). The van der Waals surface area contributed by atoms with E-state index in [-0.39, 0.29) is 17.4 Å². The number of anilines is 4. The predicted molar refractivity (Wildman–Crippen MR) is 147 cm³/mol. The highest BCUT2D eigenvalue weighted by Gasteiger charge is 2.23. The van der Waals surface area contributed by atoms with E-state index in [1.165, 1.54) is 0 Å². The lowest BCUT2D eigenvalue weighted by Gasteiger charge is -2.25. The van der Waals surface area contributed by atoms with Gasteiger partial charge in [-0.2, -0.15) is 5.10 Å². The maximum Gasteiger partial charge on any atom is 0.321 e. The Labute approximate surface area is 215 Å². The molecule has 4 aromatic rings. The summed E-state index contributed by atoms with van der Waals surface area (Å²) in [5, 5.41) is 17.3. The van der Waals surface area contributed by atoms with Gasteiger partial charge in [0.1, 0.15) is 5.82 Å². The summed E-state index contributed by atoms with van der Waals surface area (Å²) in [7, 11) is 0. The van der Waals surface area contributed by atoms with Crippen molar-refractivity contribution in [3.8, 4) is 0 Å². The molecule has 9 nitrogen and oxygen atoms in total. The molecule has 3 heterocycles. The van der Waals surface area contributed by atoms with Gasteiger partial charge in [-0.3, -0.25) is 9.89 Å². The van der Waals surface area contributed by atoms with Crippen LogP contribution >= 0.6 is 0 Å². The number of nitrogens with zero attached hydrogens (tertiary/aromatic N) is 3. The molecule has 0 radical (unpaired) electrons. The molecule has 1 saturated heterocycles. The first-order valence-corrected chi connectivity index (χ1v) is 12.4. The number of likely N-dealkylation sites (tertiary alicyclic amines) is 1. The van der Waals surface area contributed by atoms with Crippen molar-refractivity contribution in [2.45, 2.75) is 39.0 Å². The van der Waals surface area contributed by atoms with E-state index in [9.17, 15) is 9.59 Å². The molecule has 190 valence electrons. The molecule has 0 atom stereocenters. The topological polar surface area (TPSA) is 115 Å². The van der Waals surface area contributed by atoms with Gasteiger partial charge in [-0.25, -0.2) is 9.78 Å². The van der Waals surface area contributed by atoms with Gasteiger partial charge in [-0.1, -0.05) is 26.8 Å². The van der Waals surface area contributed by atoms with Gasteiger partial charge in [0, 0.05) is 41.7 Å². The molecule has 3 amide bonds. The zero-order valence-electron chi connectivity index (χ0n) is 21.3. The molecule has 2 aromatic carbocycles. The second kappa shape index (κ2) is 9.93. The third-order valence-corrected chi connectivity index (χ3v) is 6.48. The van der Waals surface area contributed by atoms with Crippen molar-refractivity contribution < 1.29 is 9.59 Å². The maximum absolute atomic E-state index is 13.3.